The van der Waals surface area contributed by atoms with Crippen LogP contribution >= 0.6 is 0 Å². The van der Waals surface area contributed by atoms with Crippen molar-refractivity contribution in [1.29, 1.82) is 0 Å². The van der Waals surface area contributed by atoms with Crippen molar-refractivity contribution in [2.75, 3.05) is 13.2 Å². The molecule has 0 aromatic rings. The average molecular weight is 130 g/mol. The lowest BCUT2D eigenvalue weighted by atomic mass is 10.3. The Kier molecular flexibility index (Phi) is 2.45. The minimum Gasteiger partial charge on any atom is -0.395 e. The molecule has 0 spiro atoms. The van der Waals surface area contributed by atoms with Crippen molar-refractivity contribution < 1.29 is 5.11 Å². The van der Waals surface area contributed by atoms with Gasteiger partial charge in [-0.15, -0.1) is 0 Å². The summed E-state index contributed by atoms with van der Waals surface area (Å²) in [5.41, 5.74) is 5.44. The molecule has 1 saturated carbocycles. The molecule has 0 aliphatic heterocycles. The van der Waals surface area contributed by atoms with Crippen LogP contribution in [0.15, 0.2) is 0 Å². The van der Waals surface area contributed by atoms with E-state index in [1.165, 1.54) is 12.8 Å². The van der Waals surface area contributed by atoms with E-state index < -0.39 is 0 Å². The zero-order chi connectivity index (χ0) is 6.69. The Morgan fingerprint density at radius 1 is 1.67 bits per heavy atom. The first-order valence-electron chi connectivity index (χ1n) is 3.42. The molecule has 0 heterocycles. The van der Waals surface area contributed by atoms with Crippen molar-refractivity contribution in [3.05, 3.63) is 0 Å². The molecule has 0 aromatic carbocycles. The van der Waals surface area contributed by atoms with Gasteiger partial charge in [-0.25, -0.2) is 0 Å². The van der Waals surface area contributed by atoms with Crippen LogP contribution in [-0.4, -0.2) is 30.3 Å². The number of nitrogens with one attached hydrogen (secondary N) is 1. The predicted octanol–water partition coefficient (Wildman–Crippen LogP) is -0.942. The second kappa shape index (κ2) is 3.15. The monoisotopic (exact) mass is 130 g/mol. The van der Waals surface area contributed by atoms with Crippen molar-refractivity contribution in [1.82, 2.24) is 5.32 Å². The van der Waals surface area contributed by atoms with E-state index in [1.54, 1.807) is 0 Å². The van der Waals surface area contributed by atoms with Crippen LogP contribution in [0.3, 0.4) is 0 Å². The van der Waals surface area contributed by atoms with Crippen LogP contribution in [0.2, 0.25) is 0 Å². The van der Waals surface area contributed by atoms with E-state index in [-0.39, 0.29) is 12.6 Å². The summed E-state index contributed by atoms with van der Waals surface area (Å²) in [5, 5.41) is 11.7. The number of hydrogen-bond donors (Lipinski definition) is 3. The summed E-state index contributed by atoms with van der Waals surface area (Å²) < 4.78 is 0. The minimum absolute atomic E-state index is 0.0781. The lowest BCUT2D eigenvalue weighted by molar-refractivity contribution is 0.262. The summed E-state index contributed by atoms with van der Waals surface area (Å²) in [7, 11) is 0. The Bertz CT molecular complexity index is 83.1. The lowest BCUT2D eigenvalue weighted by Crippen LogP contribution is -2.37. The Labute approximate surface area is 55.2 Å². The van der Waals surface area contributed by atoms with Crippen molar-refractivity contribution in [2.24, 2.45) is 5.73 Å². The third kappa shape index (κ3) is 2.79. The fourth-order valence-corrected chi connectivity index (χ4v) is 0.670. The van der Waals surface area contributed by atoms with Gasteiger partial charge in [-0.05, 0) is 12.8 Å². The highest BCUT2D eigenvalue weighted by Gasteiger charge is 2.20. The van der Waals surface area contributed by atoms with Crippen LogP contribution in [0, 0.1) is 0 Å². The van der Waals surface area contributed by atoms with E-state index in [9.17, 15) is 0 Å². The van der Waals surface area contributed by atoms with Gasteiger partial charge in [0.1, 0.15) is 0 Å². The number of nitrogens with two attached hydrogens (primary N) is 1. The summed E-state index contributed by atoms with van der Waals surface area (Å²) in [6.07, 6.45) is 2.55. The van der Waals surface area contributed by atoms with Gasteiger partial charge in [0.25, 0.3) is 0 Å². The standard InChI is InChI=1S/C6H14N2O/c7-5(4-9)3-8-6-1-2-6/h5-6,8-9H,1-4,7H2. The maximum atomic E-state index is 8.50. The van der Waals surface area contributed by atoms with Crippen molar-refractivity contribution >= 4 is 0 Å². The van der Waals surface area contributed by atoms with Crippen LogP contribution < -0.4 is 11.1 Å². The highest BCUT2D eigenvalue weighted by molar-refractivity contribution is 4.82. The third-order valence-electron chi connectivity index (χ3n) is 1.48. The Hall–Kier alpha value is -0.120. The summed E-state index contributed by atoms with van der Waals surface area (Å²) >= 11 is 0. The van der Waals surface area contributed by atoms with E-state index >= 15 is 0 Å². The normalized spacial score (nSPS) is 22.0. The van der Waals surface area contributed by atoms with Gasteiger partial charge in [0.2, 0.25) is 0 Å². The molecule has 3 heteroatoms. The summed E-state index contributed by atoms with van der Waals surface area (Å²) in [5.74, 6) is 0. The maximum Gasteiger partial charge on any atom is 0.0594 e. The Morgan fingerprint density at radius 2 is 2.33 bits per heavy atom. The van der Waals surface area contributed by atoms with Crippen molar-refractivity contribution in [3.63, 3.8) is 0 Å². The number of aliphatic hydroxyl groups excluding tert-OH is 1. The van der Waals surface area contributed by atoms with Crippen molar-refractivity contribution in [3.8, 4) is 0 Å². The summed E-state index contributed by atoms with van der Waals surface area (Å²) in [6, 6.07) is 0.619. The maximum absolute atomic E-state index is 8.50. The van der Waals surface area contributed by atoms with E-state index in [2.05, 4.69) is 5.32 Å². The van der Waals surface area contributed by atoms with Gasteiger partial charge in [0.05, 0.1) is 6.61 Å². The van der Waals surface area contributed by atoms with Gasteiger partial charge in [0.15, 0.2) is 0 Å². The van der Waals surface area contributed by atoms with Crippen molar-refractivity contribution in [2.45, 2.75) is 24.9 Å². The quantitative estimate of drug-likeness (QED) is 0.460. The SMILES string of the molecule is NC(CO)CNC1CC1. The molecular formula is C6H14N2O. The molecular weight excluding hydrogens is 116 g/mol. The van der Waals surface area contributed by atoms with Crippen LogP contribution in [0.25, 0.3) is 0 Å². The van der Waals surface area contributed by atoms with Crippen LogP contribution in [0.1, 0.15) is 12.8 Å². The van der Waals surface area contributed by atoms with E-state index in [4.69, 9.17) is 10.8 Å². The number of rotatable bonds is 4. The first-order chi connectivity index (χ1) is 4.33. The Morgan fingerprint density at radius 3 is 2.78 bits per heavy atom. The minimum atomic E-state index is -0.0781. The lowest BCUT2D eigenvalue weighted by Gasteiger charge is -2.07. The molecule has 1 aliphatic carbocycles. The third-order valence-corrected chi connectivity index (χ3v) is 1.48. The molecule has 1 unspecified atom stereocenters. The first-order valence-corrected chi connectivity index (χ1v) is 3.42. The van der Waals surface area contributed by atoms with Gasteiger partial charge in [-0.3, -0.25) is 0 Å². The summed E-state index contributed by atoms with van der Waals surface area (Å²) in [4.78, 5) is 0. The van der Waals surface area contributed by atoms with E-state index in [0.29, 0.717) is 6.04 Å². The molecule has 0 saturated heterocycles. The fourth-order valence-electron chi connectivity index (χ4n) is 0.670. The molecule has 4 N–H and O–H groups in total. The average Bonchev–Trinajstić information content (AvgIpc) is 2.65. The van der Waals surface area contributed by atoms with E-state index in [0.717, 1.165) is 6.54 Å². The molecule has 0 radical (unpaired) electrons. The molecule has 54 valence electrons. The molecule has 0 bridgehead atoms. The highest BCUT2D eigenvalue weighted by atomic mass is 16.3. The molecule has 1 rings (SSSR count). The number of hydrogen-bond acceptors (Lipinski definition) is 3. The molecule has 9 heavy (non-hydrogen) atoms. The van der Waals surface area contributed by atoms with Gasteiger partial charge in [-0.2, -0.15) is 0 Å². The number of aliphatic hydroxyl groups is 1. The van der Waals surface area contributed by atoms with Crippen LogP contribution in [0.4, 0.5) is 0 Å². The molecule has 3 nitrogen and oxygen atoms in total. The second-order valence-corrected chi connectivity index (χ2v) is 2.63. The zero-order valence-electron chi connectivity index (χ0n) is 5.51. The first kappa shape index (κ1) is 6.99. The van der Waals surface area contributed by atoms with Gasteiger partial charge < -0.3 is 16.2 Å². The van der Waals surface area contributed by atoms with E-state index in [1.807, 2.05) is 0 Å². The molecule has 1 aliphatic rings. The van der Waals surface area contributed by atoms with Crippen LogP contribution in [-0.2, 0) is 0 Å². The highest BCUT2D eigenvalue weighted by Crippen LogP contribution is 2.17. The van der Waals surface area contributed by atoms with Gasteiger partial charge in [-0.1, -0.05) is 0 Å². The van der Waals surface area contributed by atoms with Gasteiger partial charge >= 0.3 is 0 Å². The largest absolute Gasteiger partial charge is 0.395 e. The topological polar surface area (TPSA) is 58.3 Å². The van der Waals surface area contributed by atoms with Crippen LogP contribution in [0.5, 0.6) is 0 Å². The second-order valence-electron chi connectivity index (χ2n) is 2.63. The molecule has 0 amide bonds. The molecule has 1 fully saturated rings. The molecule has 1 atom stereocenters. The predicted molar refractivity (Wildman–Crippen MR) is 36.1 cm³/mol. The summed E-state index contributed by atoms with van der Waals surface area (Å²) in [6.45, 7) is 0.834. The van der Waals surface area contributed by atoms with Gasteiger partial charge in [0, 0.05) is 18.6 Å². The molecule has 0 aromatic heterocycles. The smallest absolute Gasteiger partial charge is 0.0594 e. The Balaban J connectivity index is 1.90. The zero-order valence-corrected chi connectivity index (χ0v) is 5.51. The fraction of sp³-hybridized carbons (Fsp3) is 1.00.